The van der Waals surface area contributed by atoms with Gasteiger partial charge in [-0.15, -0.1) is 0 Å². The zero-order chi connectivity index (χ0) is 10.4. The van der Waals surface area contributed by atoms with E-state index in [1.54, 1.807) is 6.07 Å². The topological polar surface area (TPSA) is 48.8 Å². The molecule has 0 radical (unpaired) electrons. The van der Waals surface area contributed by atoms with Gasteiger partial charge in [0.05, 0.1) is 6.54 Å². The second-order valence-electron chi connectivity index (χ2n) is 2.31. The van der Waals surface area contributed by atoms with Gasteiger partial charge >= 0.3 is 0 Å². The summed E-state index contributed by atoms with van der Waals surface area (Å²) in [4.78, 5) is 2.55. The molecule has 0 heterocycles. The molecule has 0 spiro atoms. The Morgan fingerprint density at radius 1 is 1.57 bits per heavy atom. The molecule has 0 saturated heterocycles. The Balaban J connectivity index is 2.84. The van der Waals surface area contributed by atoms with Crippen LogP contribution in [0.5, 0.6) is 0 Å². The fourth-order valence-electron chi connectivity index (χ4n) is 0.793. The quantitative estimate of drug-likeness (QED) is 0.319. The molecule has 1 aromatic rings. The molecule has 1 aromatic carbocycles. The van der Waals surface area contributed by atoms with Gasteiger partial charge in [-0.3, -0.25) is 0 Å². The monoisotopic (exact) mass is 253 g/mol. The maximum Gasteiger partial charge on any atom is 0.124 e. The van der Waals surface area contributed by atoms with Gasteiger partial charge in [0.2, 0.25) is 0 Å². The Bertz CT molecular complexity index is 441. The number of halogens is 2. The van der Waals surface area contributed by atoms with Crippen molar-refractivity contribution in [2.75, 3.05) is 6.54 Å². The van der Waals surface area contributed by atoms with Gasteiger partial charge in [0, 0.05) is 14.9 Å². The van der Waals surface area contributed by atoms with Gasteiger partial charge < -0.3 is 0 Å². The van der Waals surface area contributed by atoms with E-state index in [1.165, 1.54) is 12.1 Å². The van der Waals surface area contributed by atoms with Crippen molar-refractivity contribution in [3.63, 3.8) is 0 Å². The Labute approximate surface area is 88.7 Å². The molecule has 0 aromatic heterocycles. The van der Waals surface area contributed by atoms with Gasteiger partial charge in [0.25, 0.3) is 0 Å². The lowest BCUT2D eigenvalue weighted by atomic mass is 10.2. The Morgan fingerprint density at radius 2 is 2.36 bits per heavy atom. The second kappa shape index (κ2) is 5.28. The van der Waals surface area contributed by atoms with E-state index in [1.807, 2.05) is 0 Å². The van der Waals surface area contributed by atoms with E-state index in [0.29, 0.717) is 10.0 Å². The van der Waals surface area contributed by atoms with Crippen molar-refractivity contribution in [3.8, 4) is 11.8 Å². The maximum atomic E-state index is 12.6. The lowest BCUT2D eigenvalue weighted by Gasteiger charge is -1.94. The highest BCUT2D eigenvalue weighted by molar-refractivity contribution is 9.10. The van der Waals surface area contributed by atoms with Crippen LogP contribution in [0.4, 0.5) is 4.39 Å². The van der Waals surface area contributed by atoms with Gasteiger partial charge in [-0.1, -0.05) is 17.0 Å². The van der Waals surface area contributed by atoms with E-state index in [4.69, 9.17) is 5.53 Å². The SMILES string of the molecule is [N-]=[N+]=NCC#Cc1ccc(F)cc1Br. The molecule has 0 aliphatic rings. The minimum atomic E-state index is -0.322. The van der Waals surface area contributed by atoms with E-state index in [2.05, 4.69) is 37.8 Å². The number of rotatable bonds is 1. The summed E-state index contributed by atoms with van der Waals surface area (Å²) in [5.41, 5.74) is 8.65. The Hall–Kier alpha value is -1.50. The number of hydrogen-bond acceptors (Lipinski definition) is 1. The zero-order valence-corrected chi connectivity index (χ0v) is 8.62. The molecule has 70 valence electrons. The van der Waals surface area contributed by atoms with Crippen LogP contribution in [0, 0.1) is 17.7 Å². The van der Waals surface area contributed by atoms with Crippen molar-refractivity contribution in [1.82, 2.24) is 0 Å². The third kappa shape index (κ3) is 3.09. The first-order valence-electron chi connectivity index (χ1n) is 3.69. The largest absolute Gasteiger partial charge is 0.207 e. The summed E-state index contributed by atoms with van der Waals surface area (Å²) < 4.78 is 13.2. The molecule has 0 atom stereocenters. The first kappa shape index (κ1) is 10.6. The summed E-state index contributed by atoms with van der Waals surface area (Å²) in [6.45, 7) is 0.111. The summed E-state index contributed by atoms with van der Waals surface area (Å²) >= 11 is 3.17. The number of benzene rings is 1. The summed E-state index contributed by atoms with van der Waals surface area (Å²) in [6, 6.07) is 4.21. The highest BCUT2D eigenvalue weighted by Gasteiger charge is 1.96. The van der Waals surface area contributed by atoms with Crippen molar-refractivity contribution < 1.29 is 4.39 Å². The average molecular weight is 254 g/mol. The predicted octanol–water partition coefficient (Wildman–Crippen LogP) is 3.25. The molecule has 0 amide bonds. The molecule has 1 rings (SSSR count). The van der Waals surface area contributed by atoms with E-state index < -0.39 is 0 Å². The summed E-state index contributed by atoms with van der Waals surface area (Å²) in [5, 5.41) is 3.25. The molecule has 14 heavy (non-hydrogen) atoms. The van der Waals surface area contributed by atoms with Crippen molar-refractivity contribution in [3.05, 3.63) is 44.5 Å². The lowest BCUT2D eigenvalue weighted by Crippen LogP contribution is -1.80. The number of nitrogens with zero attached hydrogens (tertiary/aromatic N) is 3. The Kier molecular flexibility index (Phi) is 3.99. The maximum absolute atomic E-state index is 12.6. The molecule has 0 saturated carbocycles. The molecule has 0 N–H and O–H groups in total. The van der Waals surface area contributed by atoms with Gasteiger partial charge in [-0.05, 0) is 39.7 Å². The summed E-state index contributed by atoms with van der Waals surface area (Å²) in [5.74, 6) is 5.06. The molecule has 0 bridgehead atoms. The van der Waals surface area contributed by atoms with Crippen molar-refractivity contribution >= 4 is 15.9 Å². The third-order valence-electron chi connectivity index (χ3n) is 1.37. The average Bonchev–Trinajstić information content (AvgIpc) is 2.15. The van der Waals surface area contributed by atoms with E-state index in [0.717, 1.165) is 0 Å². The summed E-state index contributed by atoms with van der Waals surface area (Å²) in [6.07, 6.45) is 0. The van der Waals surface area contributed by atoms with Crippen LogP contribution in [-0.2, 0) is 0 Å². The predicted molar refractivity (Wildman–Crippen MR) is 55.0 cm³/mol. The molecule has 3 nitrogen and oxygen atoms in total. The second-order valence-corrected chi connectivity index (χ2v) is 3.17. The van der Waals surface area contributed by atoms with Crippen LogP contribution in [0.25, 0.3) is 10.4 Å². The highest BCUT2D eigenvalue weighted by Crippen LogP contribution is 2.16. The molecule has 0 fully saturated rings. The van der Waals surface area contributed by atoms with Gasteiger partial charge in [0.15, 0.2) is 0 Å². The first-order valence-corrected chi connectivity index (χ1v) is 4.48. The van der Waals surface area contributed by atoms with Crippen LogP contribution >= 0.6 is 15.9 Å². The third-order valence-corrected chi connectivity index (χ3v) is 2.02. The number of azide groups is 1. The molecule has 0 aliphatic carbocycles. The molecular formula is C9H5BrFN3. The normalized spacial score (nSPS) is 8.43. The Morgan fingerprint density at radius 3 is 3.00 bits per heavy atom. The van der Waals surface area contributed by atoms with Crippen LogP contribution in [0.1, 0.15) is 5.56 Å². The first-order chi connectivity index (χ1) is 6.74. The fraction of sp³-hybridized carbons (Fsp3) is 0.111. The standard InChI is InChI=1S/C9H5BrFN3/c10-9-6-8(11)4-3-7(9)2-1-5-13-14-12/h3-4,6H,5H2. The highest BCUT2D eigenvalue weighted by atomic mass is 79.9. The fourth-order valence-corrected chi connectivity index (χ4v) is 1.24. The van der Waals surface area contributed by atoms with Crippen molar-refractivity contribution in [2.24, 2.45) is 5.11 Å². The van der Waals surface area contributed by atoms with Crippen LogP contribution in [0.3, 0.4) is 0 Å². The molecule has 5 heteroatoms. The van der Waals surface area contributed by atoms with E-state index in [9.17, 15) is 4.39 Å². The van der Waals surface area contributed by atoms with Crippen LogP contribution in [-0.4, -0.2) is 6.54 Å². The van der Waals surface area contributed by atoms with E-state index >= 15 is 0 Å². The van der Waals surface area contributed by atoms with Crippen molar-refractivity contribution in [1.29, 1.82) is 0 Å². The molecule has 0 unspecified atom stereocenters. The van der Waals surface area contributed by atoms with E-state index in [-0.39, 0.29) is 12.4 Å². The molecular weight excluding hydrogens is 249 g/mol. The van der Waals surface area contributed by atoms with Gasteiger partial charge in [0.1, 0.15) is 5.82 Å². The smallest absolute Gasteiger partial charge is 0.124 e. The van der Waals surface area contributed by atoms with Crippen molar-refractivity contribution in [2.45, 2.75) is 0 Å². The minimum Gasteiger partial charge on any atom is -0.207 e. The van der Waals surface area contributed by atoms with Crippen LogP contribution in [0.15, 0.2) is 27.8 Å². The summed E-state index contributed by atoms with van der Waals surface area (Å²) in [7, 11) is 0. The minimum absolute atomic E-state index is 0.111. The van der Waals surface area contributed by atoms with Crippen LogP contribution in [0.2, 0.25) is 0 Å². The molecule has 0 aliphatic heterocycles. The number of hydrogen-bond donors (Lipinski definition) is 0. The van der Waals surface area contributed by atoms with Gasteiger partial charge in [-0.25, -0.2) is 4.39 Å². The van der Waals surface area contributed by atoms with Gasteiger partial charge in [-0.2, -0.15) is 0 Å². The lowest BCUT2D eigenvalue weighted by molar-refractivity contribution is 0.627. The van der Waals surface area contributed by atoms with Crippen LogP contribution < -0.4 is 0 Å². The zero-order valence-electron chi connectivity index (χ0n) is 7.04.